The number of carboxylic acids is 1. The van der Waals surface area contributed by atoms with Gasteiger partial charge in [0.15, 0.2) is 6.10 Å². The number of rotatable bonds is 6. The van der Waals surface area contributed by atoms with Crippen molar-refractivity contribution in [1.82, 2.24) is 5.32 Å². The van der Waals surface area contributed by atoms with E-state index in [1.54, 1.807) is 19.1 Å². The largest absolute Gasteiger partial charge is 0.480 e. The molecule has 1 unspecified atom stereocenters. The highest BCUT2D eigenvalue weighted by atomic mass is 16.5. The Balaban J connectivity index is 2.12. The number of aliphatic carboxylic acids is 1. The number of amides is 1. The molecule has 5 heteroatoms. The summed E-state index contributed by atoms with van der Waals surface area (Å²) in [5, 5.41) is 11.7. The van der Waals surface area contributed by atoms with Gasteiger partial charge in [-0.05, 0) is 25.3 Å². The van der Waals surface area contributed by atoms with E-state index in [0.29, 0.717) is 19.4 Å². The van der Waals surface area contributed by atoms with Crippen molar-refractivity contribution in [2.24, 2.45) is 0 Å². The van der Waals surface area contributed by atoms with Gasteiger partial charge < -0.3 is 15.2 Å². The van der Waals surface area contributed by atoms with Crippen LogP contribution in [0.1, 0.15) is 31.4 Å². The summed E-state index contributed by atoms with van der Waals surface area (Å²) in [6.45, 7) is 2.18. The number of hydrogen-bond donors (Lipinski definition) is 2. The van der Waals surface area contributed by atoms with E-state index in [4.69, 9.17) is 9.84 Å². The lowest BCUT2D eigenvalue weighted by Crippen LogP contribution is -2.45. The summed E-state index contributed by atoms with van der Waals surface area (Å²) < 4.78 is 5.44. The third-order valence-electron chi connectivity index (χ3n) is 3.20. The van der Waals surface area contributed by atoms with Crippen molar-refractivity contribution < 1.29 is 19.4 Å². The maximum atomic E-state index is 12.2. The lowest BCUT2D eigenvalue weighted by atomic mass is 10.1. The van der Waals surface area contributed by atoms with Gasteiger partial charge in [-0.2, -0.15) is 0 Å². The predicted octanol–water partition coefficient (Wildman–Crippen LogP) is 1.50. The molecule has 2 rings (SSSR count). The molecule has 0 saturated heterocycles. The fourth-order valence-electron chi connectivity index (χ4n) is 1.94. The first kappa shape index (κ1) is 13.5. The Labute approximate surface area is 111 Å². The summed E-state index contributed by atoms with van der Waals surface area (Å²) in [6, 6.07) is 9.07. The van der Waals surface area contributed by atoms with E-state index < -0.39 is 23.5 Å². The van der Waals surface area contributed by atoms with Gasteiger partial charge in [-0.25, -0.2) is 4.79 Å². The zero-order chi connectivity index (χ0) is 13.9. The molecule has 1 aliphatic rings. The second-order valence-electron chi connectivity index (χ2n) is 4.62. The Morgan fingerprint density at radius 3 is 2.47 bits per heavy atom. The van der Waals surface area contributed by atoms with E-state index in [1.165, 1.54) is 0 Å². The standard InChI is InChI=1S/C14H17NO4/c1-2-19-11(10-6-4-3-5-7-10)12(16)15-14(8-9-14)13(17)18/h3-7,11H,2,8-9H2,1H3,(H,15,16)(H,17,18). The molecule has 19 heavy (non-hydrogen) atoms. The molecule has 102 valence electrons. The Hall–Kier alpha value is -1.88. The second kappa shape index (κ2) is 5.40. The average molecular weight is 263 g/mol. The van der Waals surface area contributed by atoms with Gasteiger partial charge in [-0.15, -0.1) is 0 Å². The first-order chi connectivity index (χ1) is 9.09. The minimum Gasteiger partial charge on any atom is -0.480 e. The molecule has 0 aromatic heterocycles. The Kier molecular flexibility index (Phi) is 3.85. The van der Waals surface area contributed by atoms with Crippen molar-refractivity contribution in [3.63, 3.8) is 0 Å². The van der Waals surface area contributed by atoms with E-state index >= 15 is 0 Å². The smallest absolute Gasteiger partial charge is 0.329 e. The summed E-state index contributed by atoms with van der Waals surface area (Å²) in [5.41, 5.74) is -0.357. The maximum Gasteiger partial charge on any atom is 0.329 e. The molecule has 1 aromatic carbocycles. The van der Waals surface area contributed by atoms with Gasteiger partial charge in [-0.3, -0.25) is 4.79 Å². The second-order valence-corrected chi connectivity index (χ2v) is 4.62. The quantitative estimate of drug-likeness (QED) is 0.815. The minimum atomic E-state index is -1.08. The molecule has 0 radical (unpaired) electrons. The third-order valence-corrected chi connectivity index (χ3v) is 3.20. The summed E-state index contributed by atoms with van der Waals surface area (Å²) in [4.78, 5) is 23.3. The number of ether oxygens (including phenoxy) is 1. The van der Waals surface area contributed by atoms with Crippen molar-refractivity contribution in [3.8, 4) is 0 Å². The van der Waals surface area contributed by atoms with Gasteiger partial charge in [0.2, 0.25) is 0 Å². The molecule has 2 N–H and O–H groups in total. The molecule has 0 bridgehead atoms. The van der Waals surface area contributed by atoms with Gasteiger partial charge in [0, 0.05) is 6.61 Å². The van der Waals surface area contributed by atoms with E-state index in [1.807, 2.05) is 18.2 Å². The zero-order valence-electron chi connectivity index (χ0n) is 10.8. The zero-order valence-corrected chi connectivity index (χ0v) is 10.8. The Bertz CT molecular complexity index is 468. The Morgan fingerprint density at radius 1 is 1.37 bits per heavy atom. The molecule has 0 heterocycles. The molecule has 1 aliphatic carbocycles. The van der Waals surface area contributed by atoms with E-state index in [2.05, 4.69) is 5.32 Å². The SMILES string of the molecule is CCOC(C(=O)NC1(C(=O)O)CC1)c1ccccc1. The predicted molar refractivity (Wildman–Crippen MR) is 68.6 cm³/mol. The third kappa shape index (κ3) is 2.93. The molecule has 5 nitrogen and oxygen atoms in total. The lowest BCUT2D eigenvalue weighted by molar-refractivity contribution is -0.145. The maximum absolute atomic E-state index is 12.2. The topological polar surface area (TPSA) is 75.6 Å². The lowest BCUT2D eigenvalue weighted by Gasteiger charge is -2.20. The number of hydrogen-bond acceptors (Lipinski definition) is 3. The highest BCUT2D eigenvalue weighted by Gasteiger charge is 2.52. The highest BCUT2D eigenvalue weighted by molar-refractivity contribution is 5.91. The summed E-state index contributed by atoms with van der Waals surface area (Å²) >= 11 is 0. The first-order valence-corrected chi connectivity index (χ1v) is 6.31. The fraction of sp³-hybridized carbons (Fsp3) is 0.429. The molecule has 1 aromatic rings. The molecular weight excluding hydrogens is 246 g/mol. The van der Waals surface area contributed by atoms with Gasteiger partial charge in [0.05, 0.1) is 0 Å². The highest BCUT2D eigenvalue weighted by Crippen LogP contribution is 2.36. The van der Waals surface area contributed by atoms with Crippen molar-refractivity contribution in [1.29, 1.82) is 0 Å². The summed E-state index contributed by atoms with van der Waals surface area (Å²) in [6.07, 6.45) is 0.187. The molecule has 0 spiro atoms. The van der Waals surface area contributed by atoms with Crippen LogP contribution >= 0.6 is 0 Å². The molecule has 0 aliphatic heterocycles. The van der Waals surface area contributed by atoms with Crippen LogP contribution in [0.4, 0.5) is 0 Å². The van der Waals surface area contributed by atoms with Gasteiger partial charge in [0.1, 0.15) is 5.54 Å². The molecule has 1 fully saturated rings. The number of nitrogens with one attached hydrogen (secondary N) is 1. The van der Waals surface area contributed by atoms with E-state index in [0.717, 1.165) is 5.56 Å². The number of benzene rings is 1. The van der Waals surface area contributed by atoms with Gasteiger partial charge in [0.25, 0.3) is 5.91 Å². The van der Waals surface area contributed by atoms with Crippen LogP contribution in [0, 0.1) is 0 Å². The summed E-state index contributed by atoms with van der Waals surface area (Å²) in [5.74, 6) is -1.38. The van der Waals surface area contributed by atoms with Crippen LogP contribution < -0.4 is 5.32 Å². The first-order valence-electron chi connectivity index (χ1n) is 6.31. The van der Waals surface area contributed by atoms with Crippen LogP contribution in [-0.2, 0) is 14.3 Å². The summed E-state index contributed by atoms with van der Waals surface area (Å²) in [7, 11) is 0. The normalized spacial score (nSPS) is 17.5. The van der Waals surface area contributed by atoms with Crippen LogP contribution in [-0.4, -0.2) is 29.1 Å². The average Bonchev–Trinajstić information content (AvgIpc) is 3.18. The van der Waals surface area contributed by atoms with E-state index in [-0.39, 0.29) is 0 Å². The molecule has 1 saturated carbocycles. The van der Waals surface area contributed by atoms with Crippen molar-refractivity contribution >= 4 is 11.9 Å². The van der Waals surface area contributed by atoms with Crippen LogP contribution in [0.15, 0.2) is 30.3 Å². The van der Waals surface area contributed by atoms with Gasteiger partial charge in [-0.1, -0.05) is 30.3 Å². The molecule has 1 atom stereocenters. The van der Waals surface area contributed by atoms with Gasteiger partial charge >= 0.3 is 5.97 Å². The van der Waals surface area contributed by atoms with Crippen molar-refractivity contribution in [2.45, 2.75) is 31.4 Å². The number of carbonyl (C=O) groups excluding carboxylic acids is 1. The van der Waals surface area contributed by atoms with Crippen LogP contribution in [0.5, 0.6) is 0 Å². The molecular formula is C14H17NO4. The number of carboxylic acid groups (broad SMARTS) is 1. The van der Waals surface area contributed by atoms with E-state index in [9.17, 15) is 9.59 Å². The fourth-order valence-corrected chi connectivity index (χ4v) is 1.94. The minimum absolute atomic E-state index is 0.382. The van der Waals surface area contributed by atoms with Crippen LogP contribution in [0.2, 0.25) is 0 Å². The van der Waals surface area contributed by atoms with Crippen molar-refractivity contribution in [3.05, 3.63) is 35.9 Å². The van der Waals surface area contributed by atoms with Crippen LogP contribution in [0.3, 0.4) is 0 Å². The monoisotopic (exact) mass is 263 g/mol. The Morgan fingerprint density at radius 2 is 2.00 bits per heavy atom. The number of carbonyl (C=O) groups is 2. The van der Waals surface area contributed by atoms with Crippen molar-refractivity contribution in [2.75, 3.05) is 6.61 Å². The molecule has 1 amide bonds. The van der Waals surface area contributed by atoms with Crippen LogP contribution in [0.25, 0.3) is 0 Å².